The second kappa shape index (κ2) is 5.81. The van der Waals surface area contributed by atoms with E-state index in [1.807, 2.05) is 6.92 Å². The number of nitrogens with zero attached hydrogens (tertiary/aromatic N) is 2. The highest BCUT2D eigenvalue weighted by Gasteiger charge is 2.18. The topological polar surface area (TPSA) is 76.0 Å². The zero-order valence-electron chi connectivity index (χ0n) is 10.6. The van der Waals surface area contributed by atoms with Crippen molar-refractivity contribution in [3.63, 3.8) is 0 Å². The molecular weight excluding hydrogens is 252 g/mol. The summed E-state index contributed by atoms with van der Waals surface area (Å²) in [4.78, 5) is 3.91. The third kappa shape index (κ3) is 3.30. The van der Waals surface area contributed by atoms with Gasteiger partial charge in [0.1, 0.15) is 0 Å². The number of sulfonamides is 1. The van der Waals surface area contributed by atoms with Crippen LogP contribution in [-0.2, 0) is 16.6 Å². The Balaban J connectivity index is 1.86. The molecule has 2 rings (SSSR count). The first-order chi connectivity index (χ1) is 8.62. The van der Waals surface area contributed by atoms with Crippen LogP contribution in [0.4, 0.5) is 0 Å². The Labute approximate surface area is 108 Å². The summed E-state index contributed by atoms with van der Waals surface area (Å²) >= 11 is 0. The van der Waals surface area contributed by atoms with E-state index in [2.05, 4.69) is 15.0 Å². The van der Waals surface area contributed by atoms with Crippen molar-refractivity contribution >= 4 is 10.0 Å². The largest absolute Gasteiger partial charge is 0.336 e. The lowest BCUT2D eigenvalue weighted by Gasteiger charge is -2.10. The van der Waals surface area contributed by atoms with Crippen LogP contribution in [0.3, 0.4) is 0 Å². The fourth-order valence-corrected chi connectivity index (χ4v) is 3.09. The highest BCUT2D eigenvalue weighted by molar-refractivity contribution is 7.89. The summed E-state index contributed by atoms with van der Waals surface area (Å²) in [6.45, 7) is 4.16. The van der Waals surface area contributed by atoms with Gasteiger partial charge in [0.15, 0.2) is 5.03 Å². The maximum atomic E-state index is 11.9. The lowest BCUT2D eigenvalue weighted by atomic mass is 10.2. The molecule has 2 N–H and O–H groups in total. The summed E-state index contributed by atoms with van der Waals surface area (Å²) in [7, 11) is -3.45. The molecule has 0 amide bonds. The molecule has 1 aliphatic rings. The van der Waals surface area contributed by atoms with Crippen LogP contribution in [0.5, 0.6) is 0 Å². The molecule has 1 fully saturated rings. The van der Waals surface area contributed by atoms with E-state index in [1.54, 1.807) is 10.8 Å². The highest BCUT2D eigenvalue weighted by Crippen LogP contribution is 2.09. The number of rotatable bonds is 6. The molecule has 18 heavy (non-hydrogen) atoms. The van der Waals surface area contributed by atoms with Crippen LogP contribution in [0.2, 0.25) is 0 Å². The molecule has 6 nitrogen and oxygen atoms in total. The molecule has 2 heterocycles. The van der Waals surface area contributed by atoms with E-state index < -0.39 is 10.0 Å². The molecular formula is C11H20N4O2S. The van der Waals surface area contributed by atoms with Crippen molar-refractivity contribution in [2.75, 3.05) is 13.1 Å². The van der Waals surface area contributed by atoms with Gasteiger partial charge >= 0.3 is 0 Å². The van der Waals surface area contributed by atoms with Crippen LogP contribution in [0, 0.1) is 0 Å². The van der Waals surface area contributed by atoms with Crippen molar-refractivity contribution in [2.24, 2.45) is 0 Å². The zero-order valence-corrected chi connectivity index (χ0v) is 11.4. The van der Waals surface area contributed by atoms with E-state index in [1.165, 1.54) is 12.7 Å². The number of aryl methyl sites for hydroxylation is 1. The van der Waals surface area contributed by atoms with E-state index in [9.17, 15) is 8.42 Å². The Bertz CT molecular complexity index is 477. The van der Waals surface area contributed by atoms with Crippen molar-refractivity contribution in [1.82, 2.24) is 19.6 Å². The van der Waals surface area contributed by atoms with E-state index in [4.69, 9.17) is 0 Å². The van der Waals surface area contributed by atoms with Crippen LogP contribution in [0.25, 0.3) is 0 Å². The Morgan fingerprint density at radius 3 is 3.06 bits per heavy atom. The van der Waals surface area contributed by atoms with Crippen molar-refractivity contribution in [3.8, 4) is 0 Å². The number of imidazole rings is 1. The van der Waals surface area contributed by atoms with Gasteiger partial charge in [-0.3, -0.25) is 0 Å². The first kappa shape index (κ1) is 13.5. The van der Waals surface area contributed by atoms with Gasteiger partial charge in [-0.15, -0.1) is 0 Å². The average molecular weight is 272 g/mol. The van der Waals surface area contributed by atoms with Crippen molar-refractivity contribution in [3.05, 3.63) is 12.5 Å². The van der Waals surface area contributed by atoms with Crippen molar-refractivity contribution in [2.45, 2.75) is 43.8 Å². The zero-order chi connectivity index (χ0) is 13.0. The number of nitrogens with one attached hydrogen (secondary N) is 2. The third-order valence-electron chi connectivity index (χ3n) is 3.20. The van der Waals surface area contributed by atoms with Crippen LogP contribution in [0.15, 0.2) is 17.6 Å². The fourth-order valence-electron chi connectivity index (χ4n) is 2.10. The fraction of sp³-hybridized carbons (Fsp3) is 0.727. The Morgan fingerprint density at radius 2 is 2.44 bits per heavy atom. The average Bonchev–Trinajstić information content (AvgIpc) is 2.99. The third-order valence-corrected chi connectivity index (χ3v) is 4.54. The van der Waals surface area contributed by atoms with Gasteiger partial charge in [0.2, 0.25) is 0 Å². The van der Waals surface area contributed by atoms with Crippen molar-refractivity contribution in [1.29, 1.82) is 0 Å². The van der Waals surface area contributed by atoms with E-state index >= 15 is 0 Å². The first-order valence-corrected chi connectivity index (χ1v) is 7.85. The van der Waals surface area contributed by atoms with E-state index in [0.717, 1.165) is 19.4 Å². The SMILES string of the molecule is CCn1cnc(S(=O)(=O)NCC[C@H]2CCCN2)c1. The summed E-state index contributed by atoms with van der Waals surface area (Å²) in [5.41, 5.74) is 0. The van der Waals surface area contributed by atoms with E-state index in [0.29, 0.717) is 19.1 Å². The van der Waals surface area contributed by atoms with Gasteiger partial charge in [0.05, 0.1) is 6.33 Å². The number of hydrogen-bond acceptors (Lipinski definition) is 4. The Hall–Kier alpha value is -0.920. The molecule has 0 aromatic carbocycles. The number of hydrogen-bond donors (Lipinski definition) is 2. The monoisotopic (exact) mass is 272 g/mol. The summed E-state index contributed by atoms with van der Waals surface area (Å²) in [5, 5.41) is 3.44. The predicted octanol–water partition coefficient (Wildman–Crippen LogP) is 0.323. The predicted molar refractivity (Wildman–Crippen MR) is 68.7 cm³/mol. The van der Waals surface area contributed by atoms with Gasteiger partial charge in [-0.05, 0) is 32.7 Å². The van der Waals surface area contributed by atoms with Gasteiger partial charge in [-0.1, -0.05) is 0 Å². The minimum atomic E-state index is -3.45. The minimum absolute atomic E-state index is 0.101. The normalized spacial score (nSPS) is 20.4. The minimum Gasteiger partial charge on any atom is -0.336 e. The first-order valence-electron chi connectivity index (χ1n) is 6.36. The molecule has 1 aromatic heterocycles. The van der Waals surface area contributed by atoms with Gasteiger partial charge < -0.3 is 9.88 Å². The second-order valence-corrected chi connectivity index (χ2v) is 6.24. The highest BCUT2D eigenvalue weighted by atomic mass is 32.2. The molecule has 0 spiro atoms. The summed E-state index contributed by atoms with van der Waals surface area (Å²) in [6, 6.07) is 0.445. The number of aromatic nitrogens is 2. The van der Waals surface area contributed by atoms with Gasteiger partial charge in [0, 0.05) is 25.3 Å². The summed E-state index contributed by atoms with van der Waals surface area (Å²) in [5.74, 6) is 0. The van der Waals surface area contributed by atoms with Gasteiger partial charge in [-0.2, -0.15) is 0 Å². The maximum absolute atomic E-state index is 11.9. The molecule has 1 aliphatic heterocycles. The molecule has 0 bridgehead atoms. The smallest absolute Gasteiger partial charge is 0.259 e. The second-order valence-electron chi connectivity index (χ2n) is 4.52. The quantitative estimate of drug-likeness (QED) is 0.782. The lowest BCUT2D eigenvalue weighted by Crippen LogP contribution is -2.30. The van der Waals surface area contributed by atoms with Gasteiger partial charge in [-0.25, -0.2) is 18.1 Å². The molecule has 0 saturated carbocycles. The molecule has 1 saturated heterocycles. The summed E-state index contributed by atoms with van der Waals surface area (Å²) in [6.07, 6.45) is 6.22. The molecule has 102 valence electrons. The standard InChI is InChI=1S/C11H20N4O2S/c1-2-15-8-11(13-9-15)18(16,17)14-7-5-10-4-3-6-12-10/h8-10,12,14H,2-7H2,1H3/t10-/m1/s1. The van der Waals surface area contributed by atoms with Crippen LogP contribution < -0.4 is 10.0 Å². The molecule has 7 heteroatoms. The van der Waals surface area contributed by atoms with Crippen molar-refractivity contribution < 1.29 is 8.42 Å². The molecule has 1 atom stereocenters. The van der Waals surface area contributed by atoms with Gasteiger partial charge in [0.25, 0.3) is 10.0 Å². The summed E-state index contributed by atoms with van der Waals surface area (Å²) < 4.78 is 28.2. The lowest BCUT2D eigenvalue weighted by molar-refractivity contribution is 0.538. The van der Waals surface area contributed by atoms with Crippen LogP contribution in [0.1, 0.15) is 26.2 Å². The molecule has 1 aromatic rings. The molecule has 0 radical (unpaired) electrons. The van der Waals surface area contributed by atoms with E-state index in [-0.39, 0.29) is 5.03 Å². The van der Waals surface area contributed by atoms with Crippen LogP contribution >= 0.6 is 0 Å². The Kier molecular flexibility index (Phi) is 4.36. The molecule has 0 aliphatic carbocycles. The maximum Gasteiger partial charge on any atom is 0.259 e. The van der Waals surface area contributed by atoms with Crippen LogP contribution in [-0.4, -0.2) is 37.1 Å². The molecule has 0 unspecified atom stereocenters. The Morgan fingerprint density at radius 1 is 1.61 bits per heavy atom.